The largest absolute Gasteiger partial charge is 0.469 e. The first kappa shape index (κ1) is 12.6. The van der Waals surface area contributed by atoms with Crippen molar-refractivity contribution in [3.8, 4) is 0 Å². The molecule has 3 N–H and O–H groups in total. The molecule has 66 valence electrons. The van der Waals surface area contributed by atoms with Crippen molar-refractivity contribution in [2.75, 3.05) is 14.2 Å². The van der Waals surface area contributed by atoms with Crippen molar-refractivity contribution in [2.24, 2.45) is 0 Å². The third-order valence-corrected chi connectivity index (χ3v) is 0.989. The molecule has 0 unspecified atom stereocenters. The predicted molar refractivity (Wildman–Crippen MR) is 38.3 cm³/mol. The van der Waals surface area contributed by atoms with Crippen LogP contribution < -0.4 is 6.15 Å². The molecule has 0 spiro atoms. The Bertz CT molecular complexity index is 119. The average Bonchev–Trinajstić information content (AvgIpc) is 1.99. The molecule has 0 radical (unpaired) electrons. The molecule has 0 aliphatic heterocycles. The summed E-state index contributed by atoms with van der Waals surface area (Å²) >= 11 is 0. The summed E-state index contributed by atoms with van der Waals surface area (Å²) < 4.78 is 8.60. The van der Waals surface area contributed by atoms with Crippen molar-refractivity contribution < 1.29 is 19.1 Å². The summed E-state index contributed by atoms with van der Waals surface area (Å²) in [7, 11) is 2.55. The molecule has 0 saturated carbocycles. The minimum Gasteiger partial charge on any atom is -0.469 e. The first-order valence-corrected chi connectivity index (χ1v) is 2.84. The molecule has 11 heavy (non-hydrogen) atoms. The Morgan fingerprint density at radius 3 is 1.45 bits per heavy atom. The predicted octanol–water partition coefficient (Wildman–Crippen LogP) is 0.275. The van der Waals surface area contributed by atoms with Crippen molar-refractivity contribution in [1.29, 1.82) is 0 Å². The smallest absolute Gasteiger partial charge is 0.306 e. The third kappa shape index (κ3) is 6.79. The number of carbonyl (C=O) groups is 2. The number of carbonyl (C=O) groups excluding carboxylic acids is 2. The fourth-order valence-electron chi connectivity index (χ4n) is 0.408. The number of hydrogen-bond donors (Lipinski definition) is 1. The maximum Gasteiger partial charge on any atom is 0.306 e. The van der Waals surface area contributed by atoms with Crippen LogP contribution in [0.1, 0.15) is 12.8 Å². The van der Waals surface area contributed by atoms with E-state index in [0.29, 0.717) is 0 Å². The number of rotatable bonds is 3. The summed E-state index contributed by atoms with van der Waals surface area (Å²) in [4.78, 5) is 20.8. The van der Waals surface area contributed by atoms with Crippen molar-refractivity contribution in [3.05, 3.63) is 0 Å². The minimum absolute atomic E-state index is 0. The molecule has 0 aromatic rings. The van der Waals surface area contributed by atoms with Crippen LogP contribution in [0.3, 0.4) is 0 Å². The number of hydrogen-bond acceptors (Lipinski definition) is 5. The van der Waals surface area contributed by atoms with E-state index in [0.717, 1.165) is 0 Å². The molecule has 0 saturated heterocycles. The van der Waals surface area contributed by atoms with Gasteiger partial charge in [-0.25, -0.2) is 0 Å². The van der Waals surface area contributed by atoms with Gasteiger partial charge in [-0.1, -0.05) is 0 Å². The molecule has 5 heteroatoms. The maximum absolute atomic E-state index is 10.4. The van der Waals surface area contributed by atoms with Crippen LogP contribution in [0.5, 0.6) is 0 Å². The van der Waals surface area contributed by atoms with Gasteiger partial charge in [0.15, 0.2) is 0 Å². The van der Waals surface area contributed by atoms with Crippen LogP contribution in [0.25, 0.3) is 0 Å². The molecule has 0 heterocycles. The molecule has 0 atom stereocenters. The van der Waals surface area contributed by atoms with Gasteiger partial charge in [0.05, 0.1) is 27.1 Å². The molecule has 0 aromatic carbocycles. The van der Waals surface area contributed by atoms with E-state index in [2.05, 4.69) is 9.47 Å². The Hall–Kier alpha value is -1.10. The zero-order valence-electron chi connectivity index (χ0n) is 6.75. The molecule has 0 fully saturated rings. The summed E-state index contributed by atoms with van der Waals surface area (Å²) in [6.45, 7) is 0. The fourth-order valence-corrected chi connectivity index (χ4v) is 0.408. The monoisotopic (exact) mass is 163 g/mol. The Morgan fingerprint density at radius 2 is 1.27 bits per heavy atom. The molecule has 5 nitrogen and oxygen atoms in total. The van der Waals surface area contributed by atoms with Gasteiger partial charge >= 0.3 is 11.9 Å². The van der Waals surface area contributed by atoms with Crippen molar-refractivity contribution in [2.45, 2.75) is 12.8 Å². The lowest BCUT2D eigenvalue weighted by Gasteiger charge is -1.96. The number of ether oxygens (including phenoxy) is 2. The highest BCUT2D eigenvalue weighted by molar-refractivity contribution is 5.77. The second-order valence-electron chi connectivity index (χ2n) is 1.65. The Balaban J connectivity index is 0. The normalized spacial score (nSPS) is 7.82. The van der Waals surface area contributed by atoms with E-state index in [-0.39, 0.29) is 19.0 Å². The number of methoxy groups -OCH3 is 2. The van der Waals surface area contributed by atoms with E-state index in [4.69, 9.17) is 0 Å². The van der Waals surface area contributed by atoms with Crippen molar-refractivity contribution in [1.82, 2.24) is 6.15 Å². The average molecular weight is 163 g/mol. The lowest BCUT2D eigenvalue weighted by atomic mass is 10.3. The third-order valence-electron chi connectivity index (χ3n) is 0.989. The fraction of sp³-hybridized carbons (Fsp3) is 0.667. The molecule has 0 aliphatic carbocycles. The summed E-state index contributed by atoms with van der Waals surface area (Å²) in [5.74, 6) is -0.796. The van der Waals surface area contributed by atoms with E-state index in [1.54, 1.807) is 0 Å². The zero-order chi connectivity index (χ0) is 7.98. The molecule has 0 bridgehead atoms. The van der Waals surface area contributed by atoms with Crippen LogP contribution in [0, 0.1) is 0 Å². The molecule has 0 amide bonds. The van der Waals surface area contributed by atoms with E-state index in [9.17, 15) is 9.59 Å². The van der Waals surface area contributed by atoms with Crippen LogP contribution in [-0.2, 0) is 19.1 Å². The van der Waals surface area contributed by atoms with Crippen LogP contribution >= 0.6 is 0 Å². The van der Waals surface area contributed by atoms with Gasteiger partial charge in [0.25, 0.3) is 0 Å². The first-order valence-electron chi connectivity index (χ1n) is 2.84. The standard InChI is InChI=1S/C6H10O4.H3N/c1-9-5(7)3-4-6(8)10-2;/h3-4H2,1-2H3;1H3. The lowest BCUT2D eigenvalue weighted by Crippen LogP contribution is -2.06. The van der Waals surface area contributed by atoms with Crippen LogP contribution in [-0.4, -0.2) is 26.2 Å². The van der Waals surface area contributed by atoms with Gasteiger partial charge in [-0.3, -0.25) is 9.59 Å². The second kappa shape index (κ2) is 7.01. The van der Waals surface area contributed by atoms with E-state index in [1.807, 2.05) is 0 Å². The second-order valence-corrected chi connectivity index (χ2v) is 1.65. The van der Waals surface area contributed by atoms with Gasteiger partial charge in [-0.05, 0) is 0 Å². The Kier molecular flexibility index (Phi) is 8.01. The molecular weight excluding hydrogens is 150 g/mol. The van der Waals surface area contributed by atoms with Crippen molar-refractivity contribution >= 4 is 11.9 Å². The first-order chi connectivity index (χ1) is 4.70. The topological polar surface area (TPSA) is 87.6 Å². The quantitative estimate of drug-likeness (QED) is 0.603. The molecule has 0 aromatic heterocycles. The van der Waals surface area contributed by atoms with Crippen LogP contribution in [0.15, 0.2) is 0 Å². The summed E-state index contributed by atoms with van der Waals surface area (Å²) in [5, 5.41) is 0. The van der Waals surface area contributed by atoms with Crippen LogP contribution in [0.2, 0.25) is 0 Å². The van der Waals surface area contributed by atoms with Gasteiger partial charge in [0, 0.05) is 0 Å². The molecular formula is C6H13NO4. The van der Waals surface area contributed by atoms with Gasteiger partial charge < -0.3 is 15.6 Å². The summed E-state index contributed by atoms with van der Waals surface area (Å²) in [5.41, 5.74) is 0. The van der Waals surface area contributed by atoms with E-state index < -0.39 is 11.9 Å². The highest BCUT2D eigenvalue weighted by atomic mass is 16.5. The Morgan fingerprint density at radius 1 is 1.00 bits per heavy atom. The summed E-state index contributed by atoms with van der Waals surface area (Å²) in [6, 6.07) is 0. The lowest BCUT2D eigenvalue weighted by molar-refractivity contribution is -0.147. The van der Waals surface area contributed by atoms with Gasteiger partial charge in [0.2, 0.25) is 0 Å². The van der Waals surface area contributed by atoms with Gasteiger partial charge in [0.1, 0.15) is 0 Å². The summed E-state index contributed by atoms with van der Waals surface area (Å²) in [6.07, 6.45) is 0.173. The molecule has 0 aliphatic rings. The SMILES string of the molecule is COC(=O)CCC(=O)OC.N. The van der Waals surface area contributed by atoms with Crippen molar-refractivity contribution in [3.63, 3.8) is 0 Å². The van der Waals surface area contributed by atoms with E-state index in [1.165, 1.54) is 14.2 Å². The Labute approximate surface area is 65.2 Å². The van der Waals surface area contributed by atoms with E-state index >= 15 is 0 Å². The molecule has 0 rings (SSSR count). The number of esters is 2. The zero-order valence-corrected chi connectivity index (χ0v) is 6.75. The minimum atomic E-state index is -0.398. The van der Waals surface area contributed by atoms with Gasteiger partial charge in [-0.15, -0.1) is 0 Å². The highest BCUT2D eigenvalue weighted by Crippen LogP contribution is 1.92. The van der Waals surface area contributed by atoms with Gasteiger partial charge in [-0.2, -0.15) is 0 Å². The maximum atomic E-state index is 10.4. The highest BCUT2D eigenvalue weighted by Gasteiger charge is 2.04. The van der Waals surface area contributed by atoms with Crippen LogP contribution in [0.4, 0.5) is 0 Å².